The number of nitrogens with one attached hydrogen (secondary N) is 1. The molecule has 0 unspecified atom stereocenters. The van der Waals surface area contributed by atoms with Crippen LogP contribution in [0, 0.1) is 6.92 Å². The van der Waals surface area contributed by atoms with Gasteiger partial charge < -0.3 is 19.3 Å². The average Bonchev–Trinajstić information content (AvgIpc) is 3.07. The number of carbonyl (C=O) groups is 2. The van der Waals surface area contributed by atoms with Crippen LogP contribution < -0.4 is 19.3 Å². The van der Waals surface area contributed by atoms with Crippen molar-refractivity contribution >= 4 is 34.7 Å². The summed E-state index contributed by atoms with van der Waals surface area (Å²) in [5.41, 5.74) is 3.25. The fraction of sp³-hybridized carbons (Fsp3) is 0.333. The van der Waals surface area contributed by atoms with Crippen LogP contribution in [0.2, 0.25) is 0 Å². The van der Waals surface area contributed by atoms with Crippen molar-refractivity contribution in [3.8, 4) is 11.5 Å². The summed E-state index contributed by atoms with van der Waals surface area (Å²) in [6.07, 6.45) is 1.73. The lowest BCUT2D eigenvalue weighted by Gasteiger charge is -2.34. The van der Waals surface area contributed by atoms with Gasteiger partial charge in [-0.05, 0) is 54.6 Å². The maximum atomic E-state index is 12.9. The molecule has 0 aliphatic carbocycles. The normalized spacial score (nSPS) is 18.5. The Morgan fingerprint density at radius 2 is 1.69 bits per heavy atom. The molecule has 7 nitrogen and oxygen atoms in total. The van der Waals surface area contributed by atoms with Gasteiger partial charge in [-0.15, -0.1) is 0 Å². The predicted octanol–water partition coefficient (Wildman–Crippen LogP) is 2.41. The van der Waals surface area contributed by atoms with Gasteiger partial charge in [0.25, 0.3) is 11.1 Å². The number of benzene rings is 2. The first-order valence-electron chi connectivity index (χ1n) is 10.6. The predicted molar refractivity (Wildman–Crippen MR) is 126 cm³/mol. The fourth-order valence-electron chi connectivity index (χ4n) is 3.95. The average molecular weight is 455 g/mol. The number of anilines is 1. The zero-order chi connectivity index (χ0) is 22.7. The number of aryl methyl sites for hydroxylation is 1. The minimum Gasteiger partial charge on any atom is -0.493 e. The highest BCUT2D eigenvalue weighted by Gasteiger charge is 2.38. The first kappa shape index (κ1) is 22.2. The Labute approximate surface area is 192 Å². The minimum absolute atomic E-state index is 0.213. The fourth-order valence-corrected chi connectivity index (χ4v) is 4.79. The van der Waals surface area contributed by atoms with Crippen LogP contribution in [-0.4, -0.2) is 63.1 Å². The van der Waals surface area contributed by atoms with Crippen molar-refractivity contribution in [1.29, 1.82) is 0 Å². The Morgan fingerprint density at radius 1 is 1.00 bits per heavy atom. The van der Waals surface area contributed by atoms with Crippen LogP contribution in [0.3, 0.4) is 0 Å². The third kappa shape index (κ3) is 4.76. The highest BCUT2D eigenvalue weighted by molar-refractivity contribution is 8.18. The van der Waals surface area contributed by atoms with Crippen LogP contribution in [0.15, 0.2) is 47.4 Å². The lowest BCUT2D eigenvalue weighted by molar-refractivity contribution is -0.907. The molecule has 0 spiro atoms. The molecule has 0 bridgehead atoms. The number of thioether (sulfide) groups is 1. The third-order valence-corrected chi connectivity index (χ3v) is 6.74. The van der Waals surface area contributed by atoms with Crippen molar-refractivity contribution in [3.63, 3.8) is 0 Å². The molecule has 168 valence electrons. The molecule has 2 fully saturated rings. The van der Waals surface area contributed by atoms with Gasteiger partial charge in [0.2, 0.25) is 0 Å². The molecule has 2 aromatic rings. The maximum Gasteiger partial charge on any atom is 0.298 e. The van der Waals surface area contributed by atoms with Crippen LogP contribution >= 0.6 is 11.8 Å². The number of nitrogens with zero attached hydrogens (tertiary/aromatic N) is 2. The summed E-state index contributed by atoms with van der Waals surface area (Å²) in [5.74, 6) is 0.964. The van der Waals surface area contributed by atoms with Gasteiger partial charge in [0.05, 0.1) is 45.3 Å². The largest absolute Gasteiger partial charge is 0.493 e. The standard InChI is InChI=1S/C24H27N3O4S/c1-17-4-7-19(8-5-17)26-12-10-25(11-13-26)16-27-23(28)22(32-24(27)29)15-18-6-9-20(30-2)21(14-18)31-3/h4-9,14-15H,10-13,16H2,1-3H3/p+1/b22-15+. The Bertz CT molecular complexity index is 1030. The lowest BCUT2D eigenvalue weighted by atomic mass is 10.2. The van der Waals surface area contributed by atoms with Gasteiger partial charge in [0.1, 0.15) is 0 Å². The third-order valence-electron chi connectivity index (χ3n) is 5.83. The van der Waals surface area contributed by atoms with E-state index in [1.165, 1.54) is 21.1 Å². The quantitative estimate of drug-likeness (QED) is 0.677. The van der Waals surface area contributed by atoms with Gasteiger partial charge in [-0.25, -0.2) is 4.90 Å². The van der Waals surface area contributed by atoms with E-state index < -0.39 is 0 Å². The highest BCUT2D eigenvalue weighted by Crippen LogP contribution is 2.34. The summed E-state index contributed by atoms with van der Waals surface area (Å²) in [4.78, 5) is 30.9. The molecule has 0 atom stereocenters. The van der Waals surface area contributed by atoms with Crippen molar-refractivity contribution in [2.75, 3.05) is 52.0 Å². The van der Waals surface area contributed by atoms with Gasteiger partial charge in [-0.3, -0.25) is 9.59 Å². The molecule has 0 aromatic heterocycles. The molecule has 2 saturated heterocycles. The number of methoxy groups -OCH3 is 2. The van der Waals surface area contributed by atoms with Gasteiger partial charge in [0, 0.05) is 5.69 Å². The van der Waals surface area contributed by atoms with E-state index in [1.807, 2.05) is 6.07 Å². The number of ether oxygens (including phenoxy) is 2. The Kier molecular flexibility index (Phi) is 6.72. The Hall–Kier alpha value is -2.97. The SMILES string of the molecule is COc1ccc(/C=C2/SC(=O)N(C[NH+]3CCN(c4ccc(C)cc4)CC3)C2=O)cc1OC. The topological polar surface area (TPSA) is 63.5 Å². The van der Waals surface area contributed by atoms with Gasteiger partial charge in [-0.1, -0.05) is 23.8 Å². The first-order valence-corrected chi connectivity index (χ1v) is 11.4. The van der Waals surface area contributed by atoms with Crippen molar-refractivity contribution in [2.45, 2.75) is 6.92 Å². The summed E-state index contributed by atoms with van der Waals surface area (Å²) in [6, 6.07) is 14.0. The summed E-state index contributed by atoms with van der Waals surface area (Å²) < 4.78 is 10.6. The van der Waals surface area contributed by atoms with E-state index in [0.717, 1.165) is 43.5 Å². The number of rotatable bonds is 6. The smallest absolute Gasteiger partial charge is 0.298 e. The number of piperazine rings is 1. The van der Waals surface area contributed by atoms with Crippen LogP contribution in [-0.2, 0) is 4.79 Å². The molecule has 0 radical (unpaired) electrons. The zero-order valence-corrected chi connectivity index (χ0v) is 19.4. The second-order valence-electron chi connectivity index (χ2n) is 7.95. The van der Waals surface area contributed by atoms with Crippen LogP contribution in [0.25, 0.3) is 6.08 Å². The van der Waals surface area contributed by atoms with Crippen molar-refractivity contribution < 1.29 is 24.0 Å². The van der Waals surface area contributed by atoms with E-state index in [4.69, 9.17) is 9.47 Å². The van der Waals surface area contributed by atoms with Gasteiger partial charge in [0.15, 0.2) is 18.2 Å². The zero-order valence-electron chi connectivity index (χ0n) is 18.6. The van der Waals surface area contributed by atoms with E-state index in [9.17, 15) is 9.59 Å². The molecule has 1 N–H and O–H groups in total. The van der Waals surface area contributed by atoms with Crippen molar-refractivity contribution in [1.82, 2.24) is 4.90 Å². The number of carbonyl (C=O) groups excluding carboxylic acids is 2. The van der Waals surface area contributed by atoms with Crippen molar-refractivity contribution in [3.05, 3.63) is 58.5 Å². The minimum atomic E-state index is -0.233. The number of quaternary nitrogens is 1. The van der Waals surface area contributed by atoms with E-state index in [-0.39, 0.29) is 11.1 Å². The molecule has 4 rings (SSSR count). The summed E-state index contributed by atoms with van der Waals surface area (Å²) in [5, 5.41) is -0.213. The van der Waals surface area contributed by atoms with E-state index >= 15 is 0 Å². The van der Waals surface area contributed by atoms with Crippen LogP contribution in [0.5, 0.6) is 11.5 Å². The van der Waals surface area contributed by atoms with Gasteiger partial charge in [-0.2, -0.15) is 0 Å². The molecule has 2 amide bonds. The number of imide groups is 1. The Morgan fingerprint density at radius 3 is 2.34 bits per heavy atom. The molecule has 2 aliphatic rings. The molecular weight excluding hydrogens is 426 g/mol. The molecule has 8 heteroatoms. The summed E-state index contributed by atoms with van der Waals surface area (Å²) in [6.45, 7) is 6.04. The van der Waals surface area contributed by atoms with E-state index in [0.29, 0.717) is 23.1 Å². The van der Waals surface area contributed by atoms with Crippen LogP contribution in [0.1, 0.15) is 11.1 Å². The maximum absolute atomic E-state index is 12.9. The molecular formula is C24H28N3O4S+. The van der Waals surface area contributed by atoms with Gasteiger partial charge >= 0.3 is 0 Å². The number of amides is 2. The molecule has 2 heterocycles. The summed E-state index contributed by atoms with van der Waals surface area (Å²) >= 11 is 0.990. The molecule has 32 heavy (non-hydrogen) atoms. The number of hydrogen-bond donors (Lipinski definition) is 1. The first-order chi connectivity index (χ1) is 15.5. The summed E-state index contributed by atoms with van der Waals surface area (Å²) in [7, 11) is 3.14. The second kappa shape index (κ2) is 9.67. The second-order valence-corrected chi connectivity index (χ2v) is 8.95. The highest BCUT2D eigenvalue weighted by atomic mass is 32.2. The Balaban J connectivity index is 1.38. The molecule has 0 saturated carbocycles. The molecule has 2 aromatic carbocycles. The van der Waals surface area contributed by atoms with E-state index in [2.05, 4.69) is 36.1 Å². The number of hydrogen-bond acceptors (Lipinski definition) is 6. The van der Waals surface area contributed by atoms with Crippen LogP contribution in [0.4, 0.5) is 10.5 Å². The van der Waals surface area contributed by atoms with Crippen molar-refractivity contribution in [2.24, 2.45) is 0 Å². The van der Waals surface area contributed by atoms with E-state index in [1.54, 1.807) is 32.4 Å². The lowest BCUT2D eigenvalue weighted by Crippen LogP contribution is -3.16. The monoisotopic (exact) mass is 454 g/mol. The molecule has 2 aliphatic heterocycles.